The van der Waals surface area contributed by atoms with Crippen LogP contribution >= 0.6 is 0 Å². The van der Waals surface area contributed by atoms with Crippen molar-refractivity contribution in [3.05, 3.63) is 18.1 Å². The van der Waals surface area contributed by atoms with Gasteiger partial charge in [0, 0.05) is 17.8 Å². The Balaban J connectivity index is 1.76. The van der Waals surface area contributed by atoms with Crippen LogP contribution in [0.2, 0.25) is 0 Å². The fourth-order valence-corrected chi connectivity index (χ4v) is 3.89. The predicted molar refractivity (Wildman–Crippen MR) is 75.4 cm³/mol. The van der Waals surface area contributed by atoms with Gasteiger partial charge in [0.1, 0.15) is 12.1 Å². The molecule has 2 aliphatic carbocycles. The molecule has 5 nitrogen and oxygen atoms in total. The first kappa shape index (κ1) is 13.3. The number of carboxylic acid groups (broad SMARTS) is 1. The number of hydrogen-bond acceptors (Lipinski definition) is 4. The Morgan fingerprint density at radius 2 is 2.20 bits per heavy atom. The van der Waals surface area contributed by atoms with Crippen LogP contribution in [0.25, 0.3) is 0 Å². The van der Waals surface area contributed by atoms with E-state index in [2.05, 4.69) is 22.2 Å². The number of aromatic nitrogens is 2. The summed E-state index contributed by atoms with van der Waals surface area (Å²) >= 11 is 0. The number of carbonyl (C=O) groups is 1. The van der Waals surface area contributed by atoms with E-state index in [0.717, 1.165) is 43.6 Å². The van der Waals surface area contributed by atoms with Crippen molar-refractivity contribution in [3.63, 3.8) is 0 Å². The van der Waals surface area contributed by atoms with Crippen molar-refractivity contribution in [1.82, 2.24) is 9.97 Å². The third kappa shape index (κ3) is 2.37. The van der Waals surface area contributed by atoms with Gasteiger partial charge in [-0.05, 0) is 37.5 Å². The van der Waals surface area contributed by atoms with Gasteiger partial charge in [0.25, 0.3) is 0 Å². The van der Waals surface area contributed by atoms with Gasteiger partial charge in [0.05, 0.1) is 5.92 Å². The first-order valence-electron chi connectivity index (χ1n) is 7.49. The molecule has 0 saturated heterocycles. The Morgan fingerprint density at radius 3 is 2.95 bits per heavy atom. The summed E-state index contributed by atoms with van der Waals surface area (Å²) in [6.07, 6.45) is 6.78. The van der Waals surface area contributed by atoms with Gasteiger partial charge in [-0.1, -0.05) is 13.3 Å². The molecule has 0 radical (unpaired) electrons. The molecule has 4 unspecified atom stereocenters. The third-order valence-corrected chi connectivity index (χ3v) is 4.75. The third-order valence-electron chi connectivity index (χ3n) is 4.75. The molecule has 1 aromatic rings. The lowest BCUT2D eigenvalue weighted by atomic mass is 9.84. The number of nitrogens with one attached hydrogen (secondary N) is 1. The SMILES string of the molecule is CCCc1cc(NC2C3CCC(C3)C2C(=O)O)ncn1. The second-order valence-electron chi connectivity index (χ2n) is 6.01. The standard InChI is InChI=1S/C15H21N3O2/c1-2-3-11-7-12(17-8-16-11)18-14-10-5-4-9(6-10)13(14)15(19)20/h7-10,13-14H,2-6H2,1H3,(H,19,20)(H,16,17,18). The first-order chi connectivity index (χ1) is 9.69. The Bertz CT molecular complexity index is 506. The maximum atomic E-state index is 11.5. The minimum Gasteiger partial charge on any atom is -0.481 e. The molecule has 4 atom stereocenters. The molecular weight excluding hydrogens is 254 g/mol. The van der Waals surface area contributed by atoms with E-state index in [1.807, 2.05) is 6.07 Å². The van der Waals surface area contributed by atoms with Crippen LogP contribution in [-0.2, 0) is 11.2 Å². The van der Waals surface area contributed by atoms with E-state index in [0.29, 0.717) is 11.8 Å². The molecule has 108 valence electrons. The molecule has 0 aromatic carbocycles. The Morgan fingerprint density at radius 1 is 1.40 bits per heavy atom. The minimum absolute atomic E-state index is 0.0237. The second kappa shape index (κ2) is 5.38. The highest BCUT2D eigenvalue weighted by atomic mass is 16.4. The van der Waals surface area contributed by atoms with Crippen molar-refractivity contribution in [2.24, 2.45) is 17.8 Å². The molecular formula is C15H21N3O2. The predicted octanol–water partition coefficient (Wildman–Crippen LogP) is 2.34. The summed E-state index contributed by atoms with van der Waals surface area (Å²) < 4.78 is 0. The van der Waals surface area contributed by atoms with Crippen molar-refractivity contribution in [2.75, 3.05) is 5.32 Å². The number of anilines is 1. The number of aliphatic carboxylic acids is 1. The highest BCUT2D eigenvalue weighted by molar-refractivity contribution is 5.73. The van der Waals surface area contributed by atoms with Crippen LogP contribution < -0.4 is 5.32 Å². The molecule has 2 N–H and O–H groups in total. The molecule has 2 saturated carbocycles. The van der Waals surface area contributed by atoms with E-state index in [4.69, 9.17) is 0 Å². The van der Waals surface area contributed by atoms with Crippen LogP contribution in [0.3, 0.4) is 0 Å². The zero-order valence-electron chi connectivity index (χ0n) is 11.7. The van der Waals surface area contributed by atoms with Crippen molar-refractivity contribution in [3.8, 4) is 0 Å². The molecule has 5 heteroatoms. The molecule has 1 aromatic heterocycles. The summed E-state index contributed by atoms with van der Waals surface area (Å²) in [5, 5.41) is 12.8. The zero-order valence-corrected chi connectivity index (χ0v) is 11.7. The van der Waals surface area contributed by atoms with Gasteiger partial charge in [-0.25, -0.2) is 9.97 Å². The first-order valence-corrected chi connectivity index (χ1v) is 7.49. The van der Waals surface area contributed by atoms with Gasteiger partial charge >= 0.3 is 5.97 Å². The van der Waals surface area contributed by atoms with Gasteiger partial charge in [-0.15, -0.1) is 0 Å². The molecule has 20 heavy (non-hydrogen) atoms. The van der Waals surface area contributed by atoms with Crippen LogP contribution in [0.15, 0.2) is 12.4 Å². The number of nitrogens with zero attached hydrogens (tertiary/aromatic N) is 2. The van der Waals surface area contributed by atoms with Crippen LogP contribution in [0.5, 0.6) is 0 Å². The fourth-order valence-electron chi connectivity index (χ4n) is 3.89. The van der Waals surface area contributed by atoms with Crippen LogP contribution in [0.4, 0.5) is 5.82 Å². The van der Waals surface area contributed by atoms with Gasteiger partial charge in [-0.3, -0.25) is 4.79 Å². The van der Waals surface area contributed by atoms with E-state index in [9.17, 15) is 9.90 Å². The quantitative estimate of drug-likeness (QED) is 0.862. The molecule has 2 fully saturated rings. The van der Waals surface area contributed by atoms with E-state index in [1.54, 1.807) is 6.33 Å². The molecule has 2 aliphatic rings. The van der Waals surface area contributed by atoms with E-state index < -0.39 is 5.97 Å². The maximum Gasteiger partial charge on any atom is 0.308 e. The fraction of sp³-hybridized carbons (Fsp3) is 0.667. The smallest absolute Gasteiger partial charge is 0.308 e. The van der Waals surface area contributed by atoms with Crippen molar-refractivity contribution >= 4 is 11.8 Å². The molecule has 3 rings (SSSR count). The van der Waals surface area contributed by atoms with Crippen molar-refractivity contribution in [2.45, 2.75) is 45.1 Å². The van der Waals surface area contributed by atoms with Crippen LogP contribution in [0, 0.1) is 17.8 Å². The summed E-state index contributed by atoms with van der Waals surface area (Å²) in [6, 6.07) is 1.98. The summed E-state index contributed by atoms with van der Waals surface area (Å²) in [5.41, 5.74) is 1.01. The monoisotopic (exact) mass is 275 g/mol. The van der Waals surface area contributed by atoms with Crippen LogP contribution in [-0.4, -0.2) is 27.1 Å². The second-order valence-corrected chi connectivity index (χ2v) is 6.01. The molecule has 2 bridgehead atoms. The van der Waals surface area contributed by atoms with Gasteiger partial charge in [0.2, 0.25) is 0 Å². The minimum atomic E-state index is -0.669. The molecule has 0 amide bonds. The summed E-state index contributed by atoms with van der Waals surface area (Å²) in [6.45, 7) is 2.12. The average Bonchev–Trinajstić information content (AvgIpc) is 3.00. The Labute approximate surface area is 118 Å². The van der Waals surface area contributed by atoms with Crippen molar-refractivity contribution in [1.29, 1.82) is 0 Å². The van der Waals surface area contributed by atoms with Gasteiger partial charge in [-0.2, -0.15) is 0 Å². The Hall–Kier alpha value is -1.65. The van der Waals surface area contributed by atoms with Gasteiger partial charge < -0.3 is 10.4 Å². The summed E-state index contributed by atoms with van der Waals surface area (Å²) in [5.74, 6) is 0.653. The number of rotatable bonds is 5. The maximum absolute atomic E-state index is 11.5. The highest BCUT2D eigenvalue weighted by Gasteiger charge is 2.51. The summed E-state index contributed by atoms with van der Waals surface area (Å²) in [7, 11) is 0. The normalized spacial score (nSPS) is 31.4. The molecule has 0 spiro atoms. The van der Waals surface area contributed by atoms with Crippen LogP contribution in [0.1, 0.15) is 38.3 Å². The number of aryl methyl sites for hydroxylation is 1. The molecule has 1 heterocycles. The molecule has 0 aliphatic heterocycles. The number of fused-ring (bicyclic) bond motifs is 2. The van der Waals surface area contributed by atoms with Gasteiger partial charge in [0.15, 0.2) is 0 Å². The average molecular weight is 275 g/mol. The van der Waals surface area contributed by atoms with Crippen molar-refractivity contribution < 1.29 is 9.90 Å². The lowest BCUT2D eigenvalue weighted by molar-refractivity contribution is -0.143. The van der Waals surface area contributed by atoms with E-state index in [-0.39, 0.29) is 12.0 Å². The highest BCUT2D eigenvalue weighted by Crippen LogP contribution is 2.49. The number of hydrogen-bond donors (Lipinski definition) is 2. The van der Waals surface area contributed by atoms with E-state index >= 15 is 0 Å². The Kier molecular flexibility index (Phi) is 3.59. The number of carboxylic acids is 1. The lowest BCUT2D eigenvalue weighted by Gasteiger charge is -2.29. The topological polar surface area (TPSA) is 75.1 Å². The largest absolute Gasteiger partial charge is 0.481 e. The summed E-state index contributed by atoms with van der Waals surface area (Å²) in [4.78, 5) is 20.0. The van der Waals surface area contributed by atoms with E-state index in [1.165, 1.54) is 0 Å². The lowest BCUT2D eigenvalue weighted by Crippen LogP contribution is -2.39. The zero-order chi connectivity index (χ0) is 14.1.